The summed E-state index contributed by atoms with van der Waals surface area (Å²) in [6.07, 6.45) is -0.490. The highest BCUT2D eigenvalue weighted by atomic mass is 31.1. The highest BCUT2D eigenvalue weighted by molar-refractivity contribution is 7.56. The van der Waals surface area contributed by atoms with Crippen molar-refractivity contribution in [1.82, 2.24) is 0 Å². The molecule has 0 saturated heterocycles. The van der Waals surface area contributed by atoms with Crippen LogP contribution in [-0.4, -0.2) is 18.3 Å². The summed E-state index contributed by atoms with van der Waals surface area (Å²) >= 11 is 0. The summed E-state index contributed by atoms with van der Waals surface area (Å²) in [5, 5.41) is 23.6. The van der Waals surface area contributed by atoms with Crippen molar-refractivity contribution in [2.75, 3.05) is 0 Å². The third-order valence-corrected chi connectivity index (χ3v) is 6.94. The van der Waals surface area contributed by atoms with E-state index in [2.05, 4.69) is 19.6 Å². The molecule has 2 unspecified atom stereocenters. The minimum Gasteiger partial charge on any atom is -0.507 e. The Kier molecular flexibility index (Phi) is 4.87. The number of rotatable bonds is 4. The third kappa shape index (κ3) is 3.73. The molecule has 2 rings (SSSR count). The van der Waals surface area contributed by atoms with E-state index in [0.717, 1.165) is 21.4 Å². The number of benzene rings is 2. The lowest BCUT2D eigenvalue weighted by molar-refractivity contribution is 0.200. The minimum absolute atomic E-state index is 0.355. The van der Waals surface area contributed by atoms with Crippen molar-refractivity contribution in [3.63, 3.8) is 0 Å². The fraction of sp³-hybridized carbons (Fsp3) is 0.294. The van der Waals surface area contributed by atoms with Crippen LogP contribution in [0.2, 0.25) is 19.6 Å². The first-order valence-corrected chi connectivity index (χ1v) is 11.7. The highest BCUT2D eigenvalue weighted by Crippen LogP contribution is 2.23. The van der Waals surface area contributed by atoms with Gasteiger partial charge in [0.2, 0.25) is 0 Å². The Morgan fingerprint density at radius 2 is 1.57 bits per heavy atom. The third-order valence-electron chi connectivity index (χ3n) is 3.52. The largest absolute Gasteiger partial charge is 0.507 e. The molecular weight excluding hydrogens is 295 g/mol. The average Bonchev–Trinajstić information content (AvgIpc) is 2.40. The first-order valence-electron chi connectivity index (χ1n) is 7.17. The van der Waals surface area contributed by atoms with Crippen LogP contribution in [0.5, 0.6) is 5.75 Å². The Balaban J connectivity index is 2.42. The smallest absolute Gasteiger partial charge is 0.122 e. The Morgan fingerprint density at radius 3 is 2.19 bits per heavy atom. The molecule has 0 aliphatic heterocycles. The zero-order valence-corrected chi connectivity index (χ0v) is 15.0. The molecule has 0 heterocycles. The number of phenolic OH excluding ortho intramolecular Hbond substituents is 1. The van der Waals surface area contributed by atoms with Gasteiger partial charge < -0.3 is 10.2 Å². The van der Waals surface area contributed by atoms with E-state index in [0.29, 0.717) is 14.3 Å². The number of aromatic hydroxyl groups is 1. The van der Waals surface area contributed by atoms with Crippen molar-refractivity contribution < 1.29 is 10.2 Å². The maximum absolute atomic E-state index is 10.6. The highest BCUT2D eigenvalue weighted by Gasteiger charge is 2.22. The van der Waals surface area contributed by atoms with E-state index >= 15 is 0 Å². The van der Waals surface area contributed by atoms with Gasteiger partial charge in [-0.1, -0.05) is 70.7 Å². The van der Waals surface area contributed by atoms with Gasteiger partial charge in [-0.15, -0.1) is 0 Å². The molecule has 112 valence electrons. The van der Waals surface area contributed by atoms with Gasteiger partial charge >= 0.3 is 0 Å². The van der Waals surface area contributed by atoms with Gasteiger partial charge in [-0.2, -0.15) is 0 Å². The second-order valence-electron chi connectivity index (χ2n) is 6.34. The van der Waals surface area contributed by atoms with Crippen molar-refractivity contribution in [2.24, 2.45) is 0 Å². The van der Waals surface area contributed by atoms with Crippen LogP contribution in [0.4, 0.5) is 0 Å². The molecule has 0 aliphatic rings. The van der Waals surface area contributed by atoms with E-state index in [1.165, 1.54) is 0 Å². The molecule has 0 radical (unpaired) electrons. The van der Waals surface area contributed by atoms with E-state index in [9.17, 15) is 10.2 Å². The topological polar surface area (TPSA) is 40.5 Å². The Bertz CT molecular complexity index is 633. The quantitative estimate of drug-likeness (QED) is 0.672. The Labute approximate surface area is 129 Å². The Morgan fingerprint density at radius 1 is 0.952 bits per heavy atom. The average molecular weight is 318 g/mol. The van der Waals surface area contributed by atoms with Crippen molar-refractivity contribution in [1.29, 1.82) is 0 Å². The summed E-state index contributed by atoms with van der Waals surface area (Å²) in [7, 11) is -1.20. The maximum Gasteiger partial charge on any atom is 0.122 e. The number of hydrogen-bond acceptors (Lipinski definition) is 2. The van der Waals surface area contributed by atoms with E-state index < -0.39 is 14.2 Å². The summed E-state index contributed by atoms with van der Waals surface area (Å²) in [4.78, 5) is 0. The number of hydrogen-bond donors (Lipinski definition) is 2. The van der Waals surface area contributed by atoms with Crippen molar-refractivity contribution in [3.8, 4) is 5.75 Å². The number of phenols is 1. The molecule has 21 heavy (non-hydrogen) atoms. The number of aliphatic hydroxyl groups excluding tert-OH is 1. The van der Waals surface area contributed by atoms with Crippen molar-refractivity contribution >= 4 is 32.5 Å². The molecule has 4 heteroatoms. The minimum atomic E-state index is -1.56. The van der Waals surface area contributed by atoms with Gasteiger partial charge in [0.15, 0.2) is 0 Å². The van der Waals surface area contributed by atoms with Gasteiger partial charge in [0.05, 0.1) is 14.2 Å². The molecule has 2 atom stereocenters. The molecule has 2 nitrogen and oxygen atoms in total. The molecule has 2 aromatic carbocycles. The summed E-state index contributed by atoms with van der Waals surface area (Å²) < 4.78 is 0. The zero-order valence-electron chi connectivity index (χ0n) is 13.0. The second-order valence-corrected chi connectivity index (χ2v) is 12.7. The lowest BCUT2D eigenvalue weighted by Crippen LogP contribution is -2.39. The predicted molar refractivity (Wildman–Crippen MR) is 95.7 cm³/mol. The van der Waals surface area contributed by atoms with Crippen LogP contribution in [0.3, 0.4) is 0 Å². The summed E-state index contributed by atoms with van der Waals surface area (Å²) in [6.45, 7) is 8.48. The van der Waals surface area contributed by atoms with E-state index in [-0.39, 0.29) is 0 Å². The van der Waals surface area contributed by atoms with Gasteiger partial charge in [0.1, 0.15) is 5.75 Å². The SMILES string of the molecule is CC(O)c1ccccc1Pc1cccc([Si](C)(C)C)c1O. The molecule has 2 N–H and O–H groups in total. The molecule has 0 saturated carbocycles. The maximum atomic E-state index is 10.6. The van der Waals surface area contributed by atoms with Gasteiger partial charge in [0.25, 0.3) is 0 Å². The van der Waals surface area contributed by atoms with Gasteiger partial charge in [-0.05, 0) is 23.0 Å². The normalized spacial score (nSPS) is 13.8. The van der Waals surface area contributed by atoms with Gasteiger partial charge in [-0.25, -0.2) is 0 Å². The predicted octanol–water partition coefficient (Wildman–Crippen LogP) is 2.62. The zero-order chi connectivity index (χ0) is 15.6. The first kappa shape index (κ1) is 16.2. The van der Waals surface area contributed by atoms with Crippen LogP contribution >= 0.6 is 8.58 Å². The van der Waals surface area contributed by atoms with Crippen LogP contribution in [0.1, 0.15) is 18.6 Å². The molecule has 0 aliphatic carbocycles. The summed E-state index contributed by atoms with van der Waals surface area (Å²) in [5.74, 6) is 0.440. The van der Waals surface area contributed by atoms with Crippen LogP contribution in [-0.2, 0) is 0 Å². The van der Waals surface area contributed by atoms with Crippen LogP contribution in [0, 0.1) is 0 Å². The molecule has 0 bridgehead atoms. The fourth-order valence-electron chi connectivity index (χ4n) is 2.37. The van der Waals surface area contributed by atoms with E-state index in [1.54, 1.807) is 6.92 Å². The van der Waals surface area contributed by atoms with Crippen LogP contribution < -0.4 is 15.8 Å². The molecular formula is C17H23O2PSi. The second kappa shape index (κ2) is 6.31. The molecule has 0 aromatic heterocycles. The van der Waals surface area contributed by atoms with Gasteiger partial charge in [-0.3, -0.25) is 0 Å². The van der Waals surface area contributed by atoms with Gasteiger partial charge in [0, 0.05) is 5.30 Å². The van der Waals surface area contributed by atoms with Crippen LogP contribution in [0.25, 0.3) is 0 Å². The van der Waals surface area contributed by atoms with Crippen molar-refractivity contribution in [3.05, 3.63) is 48.0 Å². The van der Waals surface area contributed by atoms with E-state index in [4.69, 9.17) is 0 Å². The Hall–Kier alpha value is -1.15. The fourth-order valence-corrected chi connectivity index (χ4v) is 5.28. The molecule has 2 aromatic rings. The monoisotopic (exact) mass is 318 g/mol. The lowest BCUT2D eigenvalue weighted by Gasteiger charge is -2.20. The standard InChI is InChI=1S/C17H23O2PSi/c1-12(18)13-8-5-6-9-14(13)20-15-10-7-11-16(17(15)19)21(2,3)4/h5-12,18-20H,1-4H3. The summed E-state index contributed by atoms with van der Waals surface area (Å²) in [5.41, 5.74) is 0.939. The molecule has 0 spiro atoms. The molecule has 0 fully saturated rings. The lowest BCUT2D eigenvalue weighted by atomic mass is 10.1. The number of aliphatic hydroxyl groups is 1. The number of para-hydroxylation sites is 1. The molecule has 0 amide bonds. The van der Waals surface area contributed by atoms with E-state index in [1.807, 2.05) is 42.5 Å². The summed E-state index contributed by atoms with van der Waals surface area (Å²) in [6, 6.07) is 13.9. The first-order chi connectivity index (χ1) is 9.80. The van der Waals surface area contributed by atoms with Crippen molar-refractivity contribution in [2.45, 2.75) is 32.7 Å². The van der Waals surface area contributed by atoms with Crippen LogP contribution in [0.15, 0.2) is 42.5 Å².